The van der Waals surface area contributed by atoms with Gasteiger partial charge in [0.25, 0.3) is 11.8 Å². The second-order valence-electron chi connectivity index (χ2n) is 6.41. The Hall–Kier alpha value is -3.16. The van der Waals surface area contributed by atoms with E-state index in [2.05, 4.69) is 31.8 Å². The zero-order valence-corrected chi connectivity index (χ0v) is 18.7. The first kappa shape index (κ1) is 22.5. The number of ether oxygens (including phenoxy) is 1. The molecule has 0 spiro atoms. The SMILES string of the molecule is O=C(CNC(=O)c1ccccc1Cl)NN=Cc1ccccc1OCc1ccc(Br)cc1. The summed E-state index contributed by atoms with van der Waals surface area (Å²) in [6.07, 6.45) is 1.49. The Balaban J connectivity index is 1.51. The van der Waals surface area contributed by atoms with Crippen molar-refractivity contribution in [3.63, 3.8) is 0 Å². The van der Waals surface area contributed by atoms with Gasteiger partial charge in [-0.25, -0.2) is 5.43 Å². The second-order valence-corrected chi connectivity index (χ2v) is 7.73. The molecule has 0 fully saturated rings. The zero-order valence-electron chi connectivity index (χ0n) is 16.3. The number of hydrazone groups is 1. The molecule has 8 heteroatoms. The minimum Gasteiger partial charge on any atom is -0.488 e. The van der Waals surface area contributed by atoms with Crippen LogP contribution in [-0.2, 0) is 11.4 Å². The van der Waals surface area contributed by atoms with Gasteiger partial charge in [-0.3, -0.25) is 9.59 Å². The Labute approximate surface area is 193 Å². The van der Waals surface area contributed by atoms with Crippen LogP contribution in [0, 0.1) is 0 Å². The summed E-state index contributed by atoms with van der Waals surface area (Å²) in [4.78, 5) is 24.1. The number of hydrogen-bond donors (Lipinski definition) is 2. The highest BCUT2D eigenvalue weighted by Crippen LogP contribution is 2.18. The lowest BCUT2D eigenvalue weighted by atomic mass is 10.2. The fourth-order valence-electron chi connectivity index (χ4n) is 2.57. The number of para-hydroxylation sites is 1. The average Bonchev–Trinajstić information content (AvgIpc) is 2.78. The van der Waals surface area contributed by atoms with E-state index >= 15 is 0 Å². The van der Waals surface area contributed by atoms with Gasteiger partial charge in [0.15, 0.2) is 0 Å². The largest absolute Gasteiger partial charge is 0.488 e. The third kappa shape index (κ3) is 6.94. The van der Waals surface area contributed by atoms with Crippen molar-refractivity contribution in [1.82, 2.24) is 10.7 Å². The second kappa shape index (κ2) is 11.3. The maximum atomic E-state index is 12.1. The van der Waals surface area contributed by atoms with Gasteiger partial charge < -0.3 is 10.1 Å². The van der Waals surface area contributed by atoms with Crippen LogP contribution >= 0.6 is 27.5 Å². The first-order chi connectivity index (χ1) is 15.0. The standard InChI is InChI=1S/C23H19BrClN3O3/c24-18-11-9-16(10-12-18)15-31-21-8-4-1-5-17(21)13-27-28-22(29)14-26-23(30)19-6-2-3-7-20(19)25/h1-13H,14-15H2,(H,26,30)(H,28,29). The molecule has 0 saturated heterocycles. The van der Waals surface area contributed by atoms with Crippen molar-refractivity contribution in [2.75, 3.05) is 6.54 Å². The van der Waals surface area contributed by atoms with Crippen LogP contribution in [-0.4, -0.2) is 24.6 Å². The summed E-state index contributed by atoms with van der Waals surface area (Å²) in [5.74, 6) is -0.267. The van der Waals surface area contributed by atoms with Gasteiger partial charge in [0.2, 0.25) is 0 Å². The molecule has 3 rings (SSSR count). The van der Waals surface area contributed by atoms with Crippen LogP contribution in [0.3, 0.4) is 0 Å². The van der Waals surface area contributed by atoms with Crippen LogP contribution in [0.25, 0.3) is 0 Å². The predicted octanol–water partition coefficient (Wildman–Crippen LogP) is 4.56. The Morgan fingerprint density at radius 2 is 1.71 bits per heavy atom. The molecule has 6 nitrogen and oxygen atoms in total. The number of carbonyl (C=O) groups is 2. The molecule has 3 aromatic rings. The van der Waals surface area contributed by atoms with E-state index in [0.717, 1.165) is 10.0 Å². The molecule has 2 amide bonds. The molecule has 31 heavy (non-hydrogen) atoms. The molecule has 0 unspecified atom stereocenters. The molecule has 0 heterocycles. The first-order valence-electron chi connectivity index (χ1n) is 9.34. The molecule has 0 saturated carbocycles. The van der Waals surface area contributed by atoms with Gasteiger partial charge >= 0.3 is 0 Å². The van der Waals surface area contributed by atoms with E-state index in [1.807, 2.05) is 48.5 Å². The smallest absolute Gasteiger partial charge is 0.259 e. The van der Waals surface area contributed by atoms with Gasteiger partial charge in [-0.15, -0.1) is 0 Å². The number of hydrogen-bond acceptors (Lipinski definition) is 4. The lowest BCUT2D eigenvalue weighted by molar-refractivity contribution is -0.120. The van der Waals surface area contributed by atoms with Crippen LogP contribution in [0.15, 0.2) is 82.4 Å². The minimum absolute atomic E-state index is 0.233. The molecule has 0 aromatic heterocycles. The van der Waals surface area contributed by atoms with E-state index in [9.17, 15) is 9.59 Å². The Morgan fingerprint density at radius 1 is 1.00 bits per heavy atom. The maximum absolute atomic E-state index is 12.1. The highest BCUT2D eigenvalue weighted by Gasteiger charge is 2.10. The molecule has 3 aromatic carbocycles. The van der Waals surface area contributed by atoms with Gasteiger partial charge in [-0.2, -0.15) is 5.10 Å². The predicted molar refractivity (Wildman–Crippen MR) is 124 cm³/mol. The normalized spacial score (nSPS) is 10.6. The van der Waals surface area contributed by atoms with E-state index in [1.165, 1.54) is 6.21 Å². The lowest BCUT2D eigenvalue weighted by Gasteiger charge is -2.09. The van der Waals surface area contributed by atoms with Crippen molar-refractivity contribution in [3.8, 4) is 5.75 Å². The molecule has 0 atom stereocenters. The van der Waals surface area contributed by atoms with E-state index in [1.54, 1.807) is 24.3 Å². The number of rotatable bonds is 8. The van der Waals surface area contributed by atoms with Crippen LogP contribution in [0.1, 0.15) is 21.5 Å². The molecule has 0 bridgehead atoms. The molecule has 0 aliphatic heterocycles. The average molecular weight is 501 g/mol. The molecular formula is C23H19BrClN3O3. The summed E-state index contributed by atoms with van der Waals surface area (Å²) in [7, 11) is 0. The third-order valence-corrected chi connectivity index (χ3v) is 5.01. The lowest BCUT2D eigenvalue weighted by Crippen LogP contribution is -2.35. The summed E-state index contributed by atoms with van der Waals surface area (Å²) in [6, 6.07) is 21.8. The Bertz CT molecular complexity index is 1090. The van der Waals surface area contributed by atoms with Crippen molar-refractivity contribution in [2.45, 2.75) is 6.61 Å². The molecule has 0 radical (unpaired) electrons. The minimum atomic E-state index is -0.468. The van der Waals surface area contributed by atoms with Gasteiger partial charge in [0, 0.05) is 10.0 Å². The fraction of sp³-hybridized carbons (Fsp3) is 0.0870. The summed E-state index contributed by atoms with van der Waals surface area (Å²) in [5, 5.41) is 6.77. The molecule has 158 valence electrons. The van der Waals surface area contributed by atoms with Crippen LogP contribution in [0.2, 0.25) is 5.02 Å². The van der Waals surface area contributed by atoms with Crippen molar-refractivity contribution in [2.24, 2.45) is 5.10 Å². The zero-order chi connectivity index (χ0) is 22.1. The van der Waals surface area contributed by atoms with Crippen LogP contribution < -0.4 is 15.5 Å². The van der Waals surface area contributed by atoms with Gasteiger partial charge in [-0.05, 0) is 42.0 Å². The highest BCUT2D eigenvalue weighted by molar-refractivity contribution is 9.10. The molecule has 0 aliphatic carbocycles. The molecular weight excluding hydrogens is 482 g/mol. The summed E-state index contributed by atoms with van der Waals surface area (Å²) in [6.45, 7) is 0.168. The Kier molecular flexibility index (Phi) is 8.20. The summed E-state index contributed by atoms with van der Waals surface area (Å²) in [5.41, 5.74) is 4.42. The Morgan fingerprint density at radius 3 is 2.48 bits per heavy atom. The molecule has 2 N–H and O–H groups in total. The van der Waals surface area contributed by atoms with Gasteiger partial charge in [0.1, 0.15) is 12.4 Å². The highest BCUT2D eigenvalue weighted by atomic mass is 79.9. The van der Waals surface area contributed by atoms with Crippen LogP contribution in [0.4, 0.5) is 0 Å². The quantitative estimate of drug-likeness (QED) is 0.351. The summed E-state index contributed by atoms with van der Waals surface area (Å²) >= 11 is 9.38. The monoisotopic (exact) mass is 499 g/mol. The number of nitrogens with zero attached hydrogens (tertiary/aromatic N) is 1. The van der Waals surface area contributed by atoms with Crippen molar-refractivity contribution in [1.29, 1.82) is 0 Å². The number of halogens is 2. The van der Waals surface area contributed by atoms with Crippen molar-refractivity contribution >= 4 is 45.6 Å². The van der Waals surface area contributed by atoms with E-state index in [0.29, 0.717) is 28.5 Å². The van der Waals surface area contributed by atoms with E-state index < -0.39 is 11.8 Å². The number of nitrogens with one attached hydrogen (secondary N) is 2. The van der Waals surface area contributed by atoms with E-state index in [-0.39, 0.29) is 6.54 Å². The third-order valence-electron chi connectivity index (χ3n) is 4.15. The van der Waals surface area contributed by atoms with Crippen molar-refractivity contribution < 1.29 is 14.3 Å². The van der Waals surface area contributed by atoms with Crippen LogP contribution in [0.5, 0.6) is 5.75 Å². The first-order valence-corrected chi connectivity index (χ1v) is 10.5. The maximum Gasteiger partial charge on any atom is 0.259 e. The van der Waals surface area contributed by atoms with E-state index in [4.69, 9.17) is 16.3 Å². The topological polar surface area (TPSA) is 79.8 Å². The fourth-order valence-corrected chi connectivity index (χ4v) is 3.06. The number of benzene rings is 3. The summed E-state index contributed by atoms with van der Waals surface area (Å²) < 4.78 is 6.87. The van der Waals surface area contributed by atoms with Gasteiger partial charge in [-0.1, -0.05) is 63.9 Å². The van der Waals surface area contributed by atoms with Crippen molar-refractivity contribution in [3.05, 3.63) is 99.0 Å². The number of carbonyl (C=O) groups excluding carboxylic acids is 2. The molecule has 0 aliphatic rings. The number of amides is 2. The van der Waals surface area contributed by atoms with Gasteiger partial charge in [0.05, 0.1) is 23.3 Å².